The zero-order valence-corrected chi connectivity index (χ0v) is 14.6. The first-order chi connectivity index (χ1) is 12.2. The van der Waals surface area contributed by atoms with Crippen LogP contribution in [0.1, 0.15) is 29.8 Å². The number of hydrogen-bond acceptors (Lipinski definition) is 5. The molecule has 7 heteroatoms. The lowest BCUT2D eigenvalue weighted by Crippen LogP contribution is -2.31. The number of aromatic nitrogens is 1. The van der Waals surface area contributed by atoms with Gasteiger partial charge in [0, 0.05) is 32.3 Å². The summed E-state index contributed by atoms with van der Waals surface area (Å²) in [7, 11) is 0. The van der Waals surface area contributed by atoms with E-state index in [1.54, 1.807) is 23.2 Å². The van der Waals surface area contributed by atoms with Crippen molar-refractivity contribution in [2.24, 2.45) is 0 Å². The Hall–Kier alpha value is -2.21. The first-order valence-corrected chi connectivity index (χ1v) is 9.00. The Morgan fingerprint density at radius 1 is 1.24 bits per heavy atom. The number of amides is 1. The molecule has 2 aromatic rings. The number of hydrogen-bond donors (Lipinski definition) is 0. The molecule has 6 nitrogen and oxygen atoms in total. The Kier molecular flexibility index (Phi) is 4.53. The number of carbonyl (C=O) groups is 1. The Morgan fingerprint density at radius 3 is 2.84 bits per heavy atom. The van der Waals surface area contributed by atoms with Crippen LogP contribution in [0.2, 0.25) is 5.22 Å². The SMILES string of the molecule is O=C(c1ccc(Cl)o1)N1CC[C@H](Oc2cccnc2N2CCCC2)C1. The summed E-state index contributed by atoms with van der Waals surface area (Å²) in [6, 6.07) is 7.03. The van der Waals surface area contributed by atoms with E-state index < -0.39 is 0 Å². The van der Waals surface area contributed by atoms with E-state index in [2.05, 4.69) is 9.88 Å². The van der Waals surface area contributed by atoms with Crippen molar-refractivity contribution >= 4 is 23.3 Å². The third-order valence-corrected chi connectivity index (χ3v) is 4.87. The van der Waals surface area contributed by atoms with Gasteiger partial charge in [-0.1, -0.05) is 0 Å². The standard InChI is InChI=1S/C18H20ClN3O3/c19-16-6-5-15(25-16)18(23)22-11-7-13(12-22)24-14-4-3-8-20-17(14)21-9-1-2-10-21/h3-6,8,13H,1-2,7,9-12H2/t13-/m0/s1. The highest BCUT2D eigenvalue weighted by Crippen LogP contribution is 2.30. The van der Waals surface area contributed by atoms with Gasteiger partial charge in [-0.05, 0) is 48.7 Å². The van der Waals surface area contributed by atoms with Gasteiger partial charge in [-0.3, -0.25) is 4.79 Å². The average molecular weight is 362 g/mol. The molecule has 132 valence electrons. The van der Waals surface area contributed by atoms with E-state index in [1.165, 1.54) is 12.8 Å². The Labute approximate surface area is 151 Å². The number of rotatable bonds is 4. The van der Waals surface area contributed by atoms with Gasteiger partial charge in [-0.2, -0.15) is 0 Å². The van der Waals surface area contributed by atoms with Crippen LogP contribution < -0.4 is 9.64 Å². The number of ether oxygens (including phenoxy) is 1. The maximum absolute atomic E-state index is 12.4. The highest BCUT2D eigenvalue weighted by molar-refractivity contribution is 6.29. The second-order valence-electron chi connectivity index (χ2n) is 6.40. The van der Waals surface area contributed by atoms with Gasteiger partial charge in [0.2, 0.25) is 0 Å². The van der Waals surface area contributed by atoms with Crippen molar-refractivity contribution in [3.63, 3.8) is 0 Å². The molecule has 2 aliphatic rings. The van der Waals surface area contributed by atoms with Gasteiger partial charge >= 0.3 is 0 Å². The van der Waals surface area contributed by atoms with Crippen LogP contribution in [0.3, 0.4) is 0 Å². The molecule has 0 unspecified atom stereocenters. The maximum Gasteiger partial charge on any atom is 0.289 e. The first-order valence-electron chi connectivity index (χ1n) is 8.62. The van der Waals surface area contributed by atoms with Crippen LogP contribution in [-0.2, 0) is 0 Å². The lowest BCUT2D eigenvalue weighted by Gasteiger charge is -2.22. The molecule has 1 atom stereocenters. The van der Waals surface area contributed by atoms with E-state index in [4.69, 9.17) is 20.8 Å². The summed E-state index contributed by atoms with van der Waals surface area (Å²) in [6.45, 7) is 3.20. The molecule has 0 aromatic carbocycles. The Morgan fingerprint density at radius 2 is 2.08 bits per heavy atom. The fourth-order valence-electron chi connectivity index (χ4n) is 3.41. The zero-order chi connectivity index (χ0) is 17.2. The molecule has 0 saturated carbocycles. The quantitative estimate of drug-likeness (QED) is 0.836. The Bertz CT molecular complexity index is 758. The van der Waals surface area contributed by atoms with Crippen LogP contribution in [0.5, 0.6) is 5.75 Å². The van der Waals surface area contributed by atoms with Crippen molar-refractivity contribution in [1.29, 1.82) is 0 Å². The number of likely N-dealkylation sites (tertiary alicyclic amines) is 1. The molecular formula is C18H20ClN3O3. The largest absolute Gasteiger partial charge is 0.485 e. The number of halogens is 1. The minimum Gasteiger partial charge on any atom is -0.485 e. The van der Waals surface area contributed by atoms with E-state index in [-0.39, 0.29) is 23.0 Å². The van der Waals surface area contributed by atoms with Gasteiger partial charge < -0.3 is 19.0 Å². The summed E-state index contributed by atoms with van der Waals surface area (Å²) in [5.41, 5.74) is 0. The van der Waals surface area contributed by atoms with Crippen molar-refractivity contribution < 1.29 is 13.9 Å². The molecule has 0 spiro atoms. The average Bonchev–Trinajstić information content (AvgIpc) is 3.36. The molecule has 0 N–H and O–H groups in total. The van der Waals surface area contributed by atoms with Gasteiger partial charge in [0.05, 0.1) is 6.54 Å². The summed E-state index contributed by atoms with van der Waals surface area (Å²) < 4.78 is 11.4. The van der Waals surface area contributed by atoms with Gasteiger partial charge in [-0.15, -0.1) is 0 Å². The smallest absolute Gasteiger partial charge is 0.289 e. The lowest BCUT2D eigenvalue weighted by molar-refractivity contribution is 0.0741. The first kappa shape index (κ1) is 16.3. The fourth-order valence-corrected chi connectivity index (χ4v) is 3.56. The normalized spacial score (nSPS) is 20.3. The van der Waals surface area contributed by atoms with Crippen LogP contribution in [0.15, 0.2) is 34.9 Å². The second-order valence-corrected chi connectivity index (χ2v) is 6.78. The lowest BCUT2D eigenvalue weighted by atomic mass is 10.3. The summed E-state index contributed by atoms with van der Waals surface area (Å²) in [6.07, 6.45) is 4.92. The minimum atomic E-state index is -0.149. The van der Waals surface area contributed by atoms with E-state index in [0.717, 1.165) is 31.1 Å². The minimum absolute atomic E-state index is 0.0417. The molecular weight excluding hydrogens is 342 g/mol. The molecule has 2 aliphatic heterocycles. The summed E-state index contributed by atoms with van der Waals surface area (Å²) >= 11 is 5.75. The molecule has 4 rings (SSSR count). The predicted molar refractivity (Wildman–Crippen MR) is 94.3 cm³/mol. The van der Waals surface area contributed by atoms with E-state index in [0.29, 0.717) is 13.1 Å². The summed E-state index contributed by atoms with van der Waals surface area (Å²) in [5.74, 6) is 1.82. The summed E-state index contributed by atoms with van der Waals surface area (Å²) in [4.78, 5) is 20.9. The molecule has 25 heavy (non-hydrogen) atoms. The highest BCUT2D eigenvalue weighted by atomic mass is 35.5. The van der Waals surface area contributed by atoms with E-state index in [9.17, 15) is 4.79 Å². The highest BCUT2D eigenvalue weighted by Gasteiger charge is 2.30. The van der Waals surface area contributed by atoms with Gasteiger partial charge in [0.15, 0.2) is 22.5 Å². The van der Waals surface area contributed by atoms with Gasteiger partial charge in [0.25, 0.3) is 5.91 Å². The van der Waals surface area contributed by atoms with Gasteiger partial charge in [0.1, 0.15) is 6.10 Å². The van der Waals surface area contributed by atoms with Crippen LogP contribution in [-0.4, -0.2) is 48.1 Å². The van der Waals surface area contributed by atoms with Crippen molar-refractivity contribution in [2.75, 3.05) is 31.1 Å². The van der Waals surface area contributed by atoms with Crippen LogP contribution in [0, 0.1) is 0 Å². The predicted octanol–water partition coefficient (Wildman–Crippen LogP) is 3.22. The third-order valence-electron chi connectivity index (χ3n) is 4.67. The number of pyridine rings is 1. The third kappa shape index (κ3) is 3.44. The van der Waals surface area contributed by atoms with E-state index >= 15 is 0 Å². The van der Waals surface area contributed by atoms with Crippen molar-refractivity contribution in [3.05, 3.63) is 41.4 Å². The van der Waals surface area contributed by atoms with Crippen molar-refractivity contribution in [1.82, 2.24) is 9.88 Å². The molecule has 2 fully saturated rings. The second kappa shape index (κ2) is 6.96. The monoisotopic (exact) mass is 361 g/mol. The molecule has 0 aliphatic carbocycles. The molecule has 1 amide bonds. The van der Waals surface area contributed by atoms with Crippen molar-refractivity contribution in [2.45, 2.75) is 25.4 Å². The number of carbonyl (C=O) groups excluding carboxylic acids is 1. The molecule has 2 aromatic heterocycles. The Balaban J connectivity index is 1.42. The molecule has 4 heterocycles. The maximum atomic E-state index is 12.4. The van der Waals surface area contributed by atoms with Crippen LogP contribution in [0.4, 0.5) is 5.82 Å². The fraction of sp³-hybridized carbons (Fsp3) is 0.444. The zero-order valence-electron chi connectivity index (χ0n) is 13.9. The van der Waals surface area contributed by atoms with Gasteiger partial charge in [-0.25, -0.2) is 4.98 Å². The van der Waals surface area contributed by atoms with E-state index in [1.807, 2.05) is 12.1 Å². The number of anilines is 1. The molecule has 0 bridgehead atoms. The number of nitrogens with zero attached hydrogens (tertiary/aromatic N) is 3. The summed E-state index contributed by atoms with van der Waals surface area (Å²) in [5, 5.41) is 0.223. The number of furan rings is 1. The topological polar surface area (TPSA) is 58.8 Å². The van der Waals surface area contributed by atoms with Crippen molar-refractivity contribution in [3.8, 4) is 5.75 Å². The molecule has 0 radical (unpaired) electrons. The molecule has 2 saturated heterocycles. The van der Waals surface area contributed by atoms with Crippen LogP contribution in [0.25, 0.3) is 0 Å². The van der Waals surface area contributed by atoms with Crippen LogP contribution >= 0.6 is 11.6 Å².